The lowest BCUT2D eigenvalue weighted by Crippen LogP contribution is -2.41. The fourth-order valence-electron chi connectivity index (χ4n) is 1.47. The Morgan fingerprint density at radius 1 is 1.47 bits per heavy atom. The molecule has 1 atom stereocenters. The van der Waals surface area contributed by atoms with Gasteiger partial charge in [0.15, 0.2) is 5.54 Å². The number of aromatic amines is 1. The Bertz CT molecular complexity index is 481. The van der Waals surface area contributed by atoms with Crippen molar-refractivity contribution in [1.82, 2.24) is 4.98 Å². The van der Waals surface area contributed by atoms with Crippen LogP contribution in [0.1, 0.15) is 12.6 Å². The summed E-state index contributed by atoms with van der Waals surface area (Å²) in [5.41, 5.74) is 5.74. The van der Waals surface area contributed by atoms with Gasteiger partial charge >= 0.3 is 5.97 Å². The first-order chi connectivity index (χ1) is 7.01. The number of fused-ring (bicyclic) bond motifs is 1. The molecular formula is C11H12N2O2. The van der Waals surface area contributed by atoms with Gasteiger partial charge in [0.05, 0.1) is 0 Å². The first-order valence-electron chi connectivity index (χ1n) is 4.62. The molecule has 0 amide bonds. The van der Waals surface area contributed by atoms with Crippen molar-refractivity contribution in [2.45, 2.75) is 12.5 Å². The van der Waals surface area contributed by atoms with Crippen LogP contribution < -0.4 is 5.73 Å². The van der Waals surface area contributed by atoms with E-state index in [9.17, 15) is 4.79 Å². The zero-order valence-electron chi connectivity index (χ0n) is 8.32. The van der Waals surface area contributed by atoms with Crippen LogP contribution in [0.15, 0.2) is 30.3 Å². The lowest BCUT2D eigenvalue weighted by molar-refractivity contribution is -0.143. The van der Waals surface area contributed by atoms with Crippen LogP contribution in [0.2, 0.25) is 0 Å². The largest absolute Gasteiger partial charge is 0.480 e. The van der Waals surface area contributed by atoms with Crippen molar-refractivity contribution in [3.63, 3.8) is 0 Å². The summed E-state index contributed by atoms with van der Waals surface area (Å²) in [5.74, 6) is -1.05. The number of carbonyl (C=O) groups is 1. The molecule has 1 aromatic heterocycles. The van der Waals surface area contributed by atoms with Gasteiger partial charge < -0.3 is 15.8 Å². The molecule has 2 rings (SSSR count). The van der Waals surface area contributed by atoms with E-state index in [0.717, 1.165) is 10.9 Å². The smallest absolute Gasteiger partial charge is 0.329 e. The molecule has 2 aromatic rings. The summed E-state index contributed by atoms with van der Waals surface area (Å²) in [7, 11) is 0. The quantitative estimate of drug-likeness (QED) is 0.692. The van der Waals surface area contributed by atoms with Crippen molar-refractivity contribution in [2.24, 2.45) is 5.73 Å². The molecule has 1 aromatic carbocycles. The van der Waals surface area contributed by atoms with E-state index in [-0.39, 0.29) is 0 Å². The number of hydrogen-bond donors (Lipinski definition) is 3. The van der Waals surface area contributed by atoms with Gasteiger partial charge in [-0.1, -0.05) is 18.2 Å². The highest BCUT2D eigenvalue weighted by atomic mass is 16.4. The summed E-state index contributed by atoms with van der Waals surface area (Å²) in [4.78, 5) is 14.0. The number of para-hydroxylation sites is 1. The first-order valence-corrected chi connectivity index (χ1v) is 4.62. The van der Waals surface area contributed by atoms with Crippen LogP contribution in [-0.2, 0) is 10.3 Å². The predicted molar refractivity (Wildman–Crippen MR) is 57.5 cm³/mol. The number of H-pyrrole nitrogens is 1. The minimum absolute atomic E-state index is 0.510. The topological polar surface area (TPSA) is 79.1 Å². The van der Waals surface area contributed by atoms with E-state index in [1.54, 1.807) is 6.07 Å². The molecule has 0 bridgehead atoms. The highest BCUT2D eigenvalue weighted by Crippen LogP contribution is 2.22. The minimum Gasteiger partial charge on any atom is -0.480 e. The number of carboxylic acids is 1. The Morgan fingerprint density at radius 3 is 2.73 bits per heavy atom. The molecule has 4 heteroatoms. The average Bonchev–Trinajstić information content (AvgIpc) is 2.61. The van der Waals surface area contributed by atoms with Crippen molar-refractivity contribution in [1.29, 1.82) is 0 Å². The second-order valence-electron chi connectivity index (χ2n) is 3.78. The van der Waals surface area contributed by atoms with Gasteiger partial charge in [-0.05, 0) is 24.4 Å². The number of benzene rings is 1. The van der Waals surface area contributed by atoms with Gasteiger partial charge in [-0.25, -0.2) is 4.79 Å². The number of nitrogens with one attached hydrogen (secondary N) is 1. The second kappa shape index (κ2) is 3.10. The van der Waals surface area contributed by atoms with E-state index in [1.165, 1.54) is 6.92 Å². The Labute approximate surface area is 86.7 Å². The van der Waals surface area contributed by atoms with Crippen LogP contribution >= 0.6 is 0 Å². The third-order valence-electron chi connectivity index (χ3n) is 2.53. The zero-order valence-corrected chi connectivity index (χ0v) is 8.32. The normalized spacial score (nSPS) is 15.1. The molecule has 0 aliphatic rings. The highest BCUT2D eigenvalue weighted by molar-refractivity contribution is 5.85. The van der Waals surface area contributed by atoms with Crippen molar-refractivity contribution >= 4 is 16.9 Å². The van der Waals surface area contributed by atoms with Gasteiger partial charge in [-0.3, -0.25) is 0 Å². The van der Waals surface area contributed by atoms with Gasteiger partial charge in [-0.15, -0.1) is 0 Å². The van der Waals surface area contributed by atoms with E-state index in [0.29, 0.717) is 5.69 Å². The standard InChI is InChI=1S/C11H12N2O2/c1-11(12,10(14)15)9-6-7-4-2-3-5-8(7)13-9/h2-6,13H,12H2,1H3,(H,14,15)/t11-/m1/s1. The monoisotopic (exact) mass is 204 g/mol. The molecule has 0 saturated carbocycles. The van der Waals surface area contributed by atoms with E-state index >= 15 is 0 Å². The molecule has 0 unspecified atom stereocenters. The molecule has 4 N–H and O–H groups in total. The Balaban J connectivity index is 2.58. The van der Waals surface area contributed by atoms with Gasteiger partial charge in [0, 0.05) is 11.2 Å². The van der Waals surface area contributed by atoms with Gasteiger partial charge in [0.25, 0.3) is 0 Å². The van der Waals surface area contributed by atoms with Crippen molar-refractivity contribution < 1.29 is 9.90 Å². The predicted octanol–water partition coefficient (Wildman–Crippen LogP) is 1.43. The van der Waals surface area contributed by atoms with Crippen molar-refractivity contribution in [3.05, 3.63) is 36.0 Å². The molecule has 0 spiro atoms. The summed E-state index contributed by atoms with van der Waals surface area (Å²) < 4.78 is 0. The maximum Gasteiger partial charge on any atom is 0.329 e. The van der Waals surface area contributed by atoms with Crippen LogP contribution in [0.25, 0.3) is 10.9 Å². The second-order valence-corrected chi connectivity index (χ2v) is 3.78. The molecular weight excluding hydrogens is 192 g/mol. The van der Waals surface area contributed by atoms with Gasteiger partial charge in [-0.2, -0.15) is 0 Å². The molecule has 1 heterocycles. The third-order valence-corrected chi connectivity index (χ3v) is 2.53. The molecule has 0 radical (unpaired) electrons. The molecule has 0 aliphatic carbocycles. The van der Waals surface area contributed by atoms with Crippen molar-refractivity contribution in [2.75, 3.05) is 0 Å². The average molecular weight is 204 g/mol. The SMILES string of the molecule is C[C@](N)(C(=O)O)c1cc2ccccc2[nH]1. The fourth-order valence-corrected chi connectivity index (χ4v) is 1.47. The lowest BCUT2D eigenvalue weighted by atomic mass is 10.00. The van der Waals surface area contributed by atoms with Crippen LogP contribution in [0, 0.1) is 0 Å². The number of rotatable bonds is 2. The van der Waals surface area contributed by atoms with Crippen LogP contribution in [0.5, 0.6) is 0 Å². The Hall–Kier alpha value is -1.81. The number of aromatic nitrogens is 1. The lowest BCUT2D eigenvalue weighted by Gasteiger charge is -2.16. The maximum atomic E-state index is 11.0. The summed E-state index contributed by atoms with van der Waals surface area (Å²) in [6.07, 6.45) is 0. The van der Waals surface area contributed by atoms with E-state index in [2.05, 4.69) is 4.98 Å². The van der Waals surface area contributed by atoms with Crippen LogP contribution in [0.4, 0.5) is 0 Å². The van der Waals surface area contributed by atoms with Gasteiger partial charge in [0.1, 0.15) is 0 Å². The molecule has 78 valence electrons. The zero-order chi connectivity index (χ0) is 11.1. The molecule has 0 fully saturated rings. The number of hydrogen-bond acceptors (Lipinski definition) is 2. The Morgan fingerprint density at radius 2 is 2.13 bits per heavy atom. The minimum atomic E-state index is -1.38. The Kier molecular flexibility index (Phi) is 2.01. The van der Waals surface area contributed by atoms with E-state index < -0.39 is 11.5 Å². The van der Waals surface area contributed by atoms with Crippen molar-refractivity contribution in [3.8, 4) is 0 Å². The van der Waals surface area contributed by atoms with E-state index in [1.807, 2.05) is 24.3 Å². The third kappa shape index (κ3) is 1.49. The summed E-state index contributed by atoms with van der Waals surface area (Å²) in [6, 6.07) is 9.35. The van der Waals surface area contributed by atoms with Crippen LogP contribution in [0.3, 0.4) is 0 Å². The van der Waals surface area contributed by atoms with Crippen LogP contribution in [-0.4, -0.2) is 16.1 Å². The summed E-state index contributed by atoms with van der Waals surface area (Å²) >= 11 is 0. The molecule has 0 saturated heterocycles. The highest BCUT2D eigenvalue weighted by Gasteiger charge is 2.31. The molecule has 4 nitrogen and oxygen atoms in total. The summed E-state index contributed by atoms with van der Waals surface area (Å²) in [5, 5.41) is 9.94. The number of carboxylic acid groups (broad SMARTS) is 1. The van der Waals surface area contributed by atoms with Gasteiger partial charge in [0.2, 0.25) is 0 Å². The maximum absolute atomic E-state index is 11.0. The molecule has 0 aliphatic heterocycles. The van der Waals surface area contributed by atoms with E-state index in [4.69, 9.17) is 10.8 Å². The number of nitrogens with two attached hydrogens (primary N) is 1. The number of aliphatic carboxylic acids is 1. The summed E-state index contributed by atoms with van der Waals surface area (Å²) in [6.45, 7) is 1.47. The first kappa shape index (κ1) is 9.73. The molecule has 15 heavy (non-hydrogen) atoms. The fraction of sp³-hybridized carbons (Fsp3) is 0.182.